The van der Waals surface area contributed by atoms with Crippen LogP contribution in [0, 0.1) is 5.92 Å². The van der Waals surface area contributed by atoms with Crippen molar-refractivity contribution in [2.75, 3.05) is 0 Å². The van der Waals surface area contributed by atoms with Crippen molar-refractivity contribution in [2.45, 2.75) is 82.1 Å². The summed E-state index contributed by atoms with van der Waals surface area (Å²) in [5, 5.41) is 17.3. The first kappa shape index (κ1) is 29.1. The summed E-state index contributed by atoms with van der Waals surface area (Å²) < 4.78 is 5.86. The third-order valence-corrected chi connectivity index (χ3v) is 7.56. The van der Waals surface area contributed by atoms with E-state index in [9.17, 15) is 19.2 Å². The van der Waals surface area contributed by atoms with Gasteiger partial charge in [-0.25, -0.2) is 0 Å². The molecule has 0 radical (unpaired) electrons. The number of ether oxygens (including phenoxy) is 1. The van der Waals surface area contributed by atoms with E-state index in [0.717, 1.165) is 36.8 Å². The molecule has 6 N–H and O–H groups in total. The molecule has 214 valence electrons. The maximum atomic E-state index is 13.4. The predicted molar refractivity (Wildman–Crippen MR) is 148 cm³/mol. The molecule has 40 heavy (non-hydrogen) atoms. The predicted octanol–water partition coefficient (Wildman–Crippen LogP) is 2.05. The average Bonchev–Trinajstić information content (AvgIpc) is 2.96. The summed E-state index contributed by atoms with van der Waals surface area (Å²) in [6.07, 6.45) is 6.23. The van der Waals surface area contributed by atoms with Gasteiger partial charge in [0.2, 0.25) is 18.0 Å². The zero-order chi connectivity index (χ0) is 28.5. The van der Waals surface area contributed by atoms with E-state index in [4.69, 9.17) is 15.6 Å². The molecule has 2 fully saturated rings. The lowest BCUT2D eigenvalue weighted by Gasteiger charge is -2.37. The number of aliphatic carboxylic acids is 1. The van der Waals surface area contributed by atoms with Crippen LogP contribution in [0.4, 0.5) is 0 Å². The molecule has 0 bridgehead atoms. The van der Waals surface area contributed by atoms with Crippen LogP contribution in [0.15, 0.2) is 54.6 Å². The topological polar surface area (TPSA) is 160 Å². The number of hydrogen-bond donors (Lipinski definition) is 5. The van der Waals surface area contributed by atoms with Crippen LogP contribution in [0.2, 0.25) is 0 Å². The summed E-state index contributed by atoms with van der Waals surface area (Å²) in [6.45, 7) is 0. The SMILES string of the molecule is N[C@@H](Cc1ccc(OC2NC(=O)C2NC(=O)[C@H](CC2CCCCC2)NC(=O)CCc2ccccc2)cc1)C(=O)O. The van der Waals surface area contributed by atoms with Gasteiger partial charge in [0, 0.05) is 6.42 Å². The fraction of sp³-hybridized carbons (Fsp3) is 0.467. The number of hydrogen-bond acceptors (Lipinski definition) is 6. The minimum absolute atomic E-state index is 0.175. The molecule has 4 rings (SSSR count). The molecule has 1 aliphatic carbocycles. The highest BCUT2D eigenvalue weighted by Crippen LogP contribution is 2.28. The van der Waals surface area contributed by atoms with Gasteiger partial charge in [0.15, 0.2) is 6.04 Å². The van der Waals surface area contributed by atoms with E-state index in [2.05, 4.69) is 16.0 Å². The van der Waals surface area contributed by atoms with Crippen LogP contribution < -0.4 is 26.4 Å². The van der Waals surface area contributed by atoms with Crippen LogP contribution in [0.3, 0.4) is 0 Å². The van der Waals surface area contributed by atoms with Gasteiger partial charge in [0.25, 0.3) is 5.91 Å². The van der Waals surface area contributed by atoms with Gasteiger partial charge in [-0.05, 0) is 48.4 Å². The zero-order valence-corrected chi connectivity index (χ0v) is 22.5. The Morgan fingerprint density at radius 3 is 2.35 bits per heavy atom. The van der Waals surface area contributed by atoms with E-state index in [0.29, 0.717) is 24.5 Å². The van der Waals surface area contributed by atoms with Crippen LogP contribution in [0.1, 0.15) is 56.1 Å². The number of nitrogens with two attached hydrogens (primary N) is 1. The van der Waals surface area contributed by atoms with Crippen LogP contribution in [0.5, 0.6) is 5.75 Å². The van der Waals surface area contributed by atoms with Gasteiger partial charge in [-0.3, -0.25) is 19.2 Å². The van der Waals surface area contributed by atoms with Crippen molar-refractivity contribution in [1.82, 2.24) is 16.0 Å². The second-order valence-electron chi connectivity index (χ2n) is 10.7. The molecule has 0 aromatic heterocycles. The Morgan fingerprint density at radius 2 is 1.70 bits per heavy atom. The Labute approximate surface area is 234 Å². The second-order valence-corrected chi connectivity index (χ2v) is 10.7. The number of carbonyl (C=O) groups is 4. The molecular formula is C30H38N4O6. The molecule has 10 heteroatoms. The molecule has 1 saturated carbocycles. The first-order valence-corrected chi connectivity index (χ1v) is 14.0. The van der Waals surface area contributed by atoms with Crippen molar-refractivity contribution in [3.8, 4) is 5.75 Å². The normalized spacial score (nSPS) is 20.4. The molecule has 2 aromatic carbocycles. The van der Waals surface area contributed by atoms with Gasteiger partial charge in [0.1, 0.15) is 17.8 Å². The molecule has 2 aliphatic rings. The van der Waals surface area contributed by atoms with Crippen LogP contribution in [-0.4, -0.2) is 53.2 Å². The maximum absolute atomic E-state index is 13.4. The molecule has 2 aromatic rings. The Morgan fingerprint density at radius 1 is 1.00 bits per heavy atom. The Balaban J connectivity index is 1.34. The smallest absolute Gasteiger partial charge is 0.320 e. The molecule has 0 spiro atoms. The van der Waals surface area contributed by atoms with E-state index in [1.54, 1.807) is 24.3 Å². The van der Waals surface area contributed by atoms with Gasteiger partial charge in [-0.1, -0.05) is 74.6 Å². The lowest BCUT2D eigenvalue weighted by molar-refractivity contribution is -0.144. The number of benzene rings is 2. The van der Waals surface area contributed by atoms with Crippen molar-refractivity contribution >= 4 is 23.7 Å². The summed E-state index contributed by atoms with van der Waals surface area (Å²) in [5.41, 5.74) is 7.38. The van der Waals surface area contributed by atoms with Crippen molar-refractivity contribution in [3.05, 3.63) is 65.7 Å². The lowest BCUT2D eigenvalue weighted by Crippen LogP contribution is -2.72. The van der Waals surface area contributed by atoms with Crippen LogP contribution in [-0.2, 0) is 32.0 Å². The number of rotatable bonds is 13. The highest BCUT2D eigenvalue weighted by atomic mass is 16.5. The number of carboxylic acid groups (broad SMARTS) is 1. The number of carbonyl (C=O) groups excluding carboxylic acids is 3. The Bertz CT molecular complexity index is 1170. The average molecular weight is 551 g/mol. The first-order chi connectivity index (χ1) is 19.3. The number of β-lactam (4-membered cyclic amide) rings is 1. The van der Waals surface area contributed by atoms with Gasteiger partial charge >= 0.3 is 5.97 Å². The summed E-state index contributed by atoms with van der Waals surface area (Å²) in [6, 6.07) is 13.8. The summed E-state index contributed by atoms with van der Waals surface area (Å²) in [5.74, 6) is -1.25. The van der Waals surface area contributed by atoms with Crippen molar-refractivity contribution < 1.29 is 29.0 Å². The summed E-state index contributed by atoms with van der Waals surface area (Å²) >= 11 is 0. The fourth-order valence-corrected chi connectivity index (χ4v) is 5.20. The summed E-state index contributed by atoms with van der Waals surface area (Å²) in [7, 11) is 0. The minimum atomic E-state index is -1.08. The highest BCUT2D eigenvalue weighted by molar-refractivity contribution is 5.95. The number of amides is 3. The van der Waals surface area contributed by atoms with E-state index in [1.807, 2.05) is 30.3 Å². The third kappa shape index (κ3) is 8.29. The van der Waals surface area contributed by atoms with Crippen molar-refractivity contribution in [3.63, 3.8) is 0 Å². The fourth-order valence-electron chi connectivity index (χ4n) is 5.20. The zero-order valence-electron chi connectivity index (χ0n) is 22.5. The largest absolute Gasteiger partial charge is 0.480 e. The van der Waals surface area contributed by atoms with E-state index >= 15 is 0 Å². The Kier molecular flexibility index (Phi) is 10.1. The standard InChI is InChI=1S/C30H38N4O6/c31-23(30(38)39)17-21-11-14-22(15-12-21)40-29-26(28(37)34-29)33-27(36)24(18-20-9-5-2-6-10-20)32-25(35)16-13-19-7-3-1-4-8-19/h1,3-4,7-8,11-12,14-15,20,23-24,26,29H,2,5-6,9-10,13,16-18,31H2,(H,32,35)(H,33,36)(H,34,37)(H,38,39)/t23-,24-,26?,29?/m0/s1. The van der Waals surface area contributed by atoms with Gasteiger partial charge in [-0.15, -0.1) is 0 Å². The van der Waals surface area contributed by atoms with Gasteiger partial charge in [-0.2, -0.15) is 0 Å². The van der Waals surface area contributed by atoms with Crippen LogP contribution >= 0.6 is 0 Å². The monoisotopic (exact) mass is 550 g/mol. The molecule has 1 heterocycles. The van der Waals surface area contributed by atoms with Crippen molar-refractivity contribution in [1.29, 1.82) is 0 Å². The maximum Gasteiger partial charge on any atom is 0.320 e. The van der Waals surface area contributed by atoms with Crippen LogP contribution in [0.25, 0.3) is 0 Å². The first-order valence-electron chi connectivity index (χ1n) is 14.0. The van der Waals surface area contributed by atoms with Gasteiger partial charge in [0.05, 0.1) is 0 Å². The Hall–Kier alpha value is -3.92. The second kappa shape index (κ2) is 13.9. The molecule has 1 aliphatic heterocycles. The van der Waals surface area contributed by atoms with Crippen molar-refractivity contribution in [2.24, 2.45) is 11.7 Å². The molecule has 3 amide bonds. The number of aryl methyl sites for hydroxylation is 1. The molecule has 10 nitrogen and oxygen atoms in total. The molecule has 2 unspecified atom stereocenters. The quantitative estimate of drug-likeness (QED) is 0.239. The summed E-state index contributed by atoms with van der Waals surface area (Å²) in [4.78, 5) is 49.5. The number of carboxylic acids is 1. The minimum Gasteiger partial charge on any atom is -0.480 e. The lowest BCUT2D eigenvalue weighted by atomic mass is 9.84. The number of nitrogens with one attached hydrogen (secondary N) is 3. The molecule has 1 saturated heterocycles. The third-order valence-electron chi connectivity index (χ3n) is 7.56. The van der Waals surface area contributed by atoms with E-state index in [1.165, 1.54) is 6.42 Å². The van der Waals surface area contributed by atoms with Gasteiger partial charge < -0.3 is 31.5 Å². The molecular weight excluding hydrogens is 512 g/mol. The van der Waals surface area contributed by atoms with E-state index in [-0.39, 0.29) is 24.7 Å². The van der Waals surface area contributed by atoms with E-state index < -0.39 is 36.2 Å². The highest BCUT2D eigenvalue weighted by Gasteiger charge is 2.43. The molecule has 4 atom stereocenters.